The zero-order chi connectivity index (χ0) is 29.8. The maximum atomic E-state index is 13.3. The smallest absolute Gasteiger partial charge is 0.387 e. The topological polar surface area (TPSA) is 91.1 Å². The summed E-state index contributed by atoms with van der Waals surface area (Å²) in [5, 5.41) is 13.7. The summed E-state index contributed by atoms with van der Waals surface area (Å²) in [4.78, 5) is 20.8. The summed E-state index contributed by atoms with van der Waals surface area (Å²) in [6.45, 7) is 4.29. The molecular weight excluding hydrogens is 589 g/mol. The van der Waals surface area contributed by atoms with Crippen LogP contribution in [0.4, 0.5) is 20.5 Å². The molecule has 8 nitrogen and oxygen atoms in total. The van der Waals surface area contributed by atoms with Crippen LogP contribution in [0.25, 0.3) is 11.1 Å². The van der Waals surface area contributed by atoms with E-state index in [0.29, 0.717) is 57.9 Å². The Labute approximate surface area is 252 Å². The molecule has 2 N–H and O–H groups in total. The Kier molecular flexibility index (Phi) is 7.91. The maximum Gasteiger partial charge on any atom is 0.387 e. The lowest BCUT2D eigenvalue weighted by atomic mass is 9.65. The number of benzene rings is 2. The molecule has 3 aliphatic rings. The highest BCUT2D eigenvalue weighted by atomic mass is 35.5. The third-order valence-corrected chi connectivity index (χ3v) is 9.82. The van der Waals surface area contributed by atoms with Crippen LogP contribution in [-0.2, 0) is 4.79 Å². The number of nitrogens with zero attached hydrogens (tertiary/aromatic N) is 3. The van der Waals surface area contributed by atoms with Crippen molar-refractivity contribution in [3.05, 3.63) is 45.9 Å². The monoisotopic (exact) mass is 622 g/mol. The van der Waals surface area contributed by atoms with E-state index in [0.717, 1.165) is 44.6 Å². The Balaban J connectivity index is 1.15. The van der Waals surface area contributed by atoms with Crippen molar-refractivity contribution < 1.29 is 27.8 Å². The number of fused-ring (bicyclic) bond motifs is 1. The van der Waals surface area contributed by atoms with Gasteiger partial charge >= 0.3 is 12.6 Å². The molecule has 42 heavy (non-hydrogen) atoms. The summed E-state index contributed by atoms with van der Waals surface area (Å²) in [6, 6.07) is 8.63. The number of alkyl halides is 2. The van der Waals surface area contributed by atoms with Gasteiger partial charge in [-0.2, -0.15) is 13.8 Å². The molecule has 3 aromatic rings. The van der Waals surface area contributed by atoms with Gasteiger partial charge in [-0.05, 0) is 87.7 Å². The number of likely N-dealkylation sites (tertiary alicyclic amines) is 1. The van der Waals surface area contributed by atoms with Gasteiger partial charge < -0.3 is 29.4 Å². The number of carboxylic acid groups (broad SMARTS) is 1. The van der Waals surface area contributed by atoms with Gasteiger partial charge in [-0.15, -0.1) is 0 Å². The predicted molar refractivity (Wildman–Crippen MR) is 158 cm³/mol. The minimum atomic E-state index is -3.01. The normalized spacial score (nSPS) is 25.7. The number of piperidine rings is 1. The van der Waals surface area contributed by atoms with Crippen molar-refractivity contribution in [2.75, 3.05) is 36.4 Å². The summed E-state index contributed by atoms with van der Waals surface area (Å²) >= 11 is 12.4. The highest BCUT2D eigenvalue weighted by molar-refractivity contribution is 6.35. The van der Waals surface area contributed by atoms with E-state index in [1.54, 1.807) is 24.3 Å². The van der Waals surface area contributed by atoms with E-state index in [1.807, 2.05) is 13.8 Å². The van der Waals surface area contributed by atoms with Crippen LogP contribution in [0.2, 0.25) is 10.0 Å². The van der Waals surface area contributed by atoms with Crippen molar-refractivity contribution in [3.8, 4) is 5.75 Å². The molecule has 0 spiro atoms. The van der Waals surface area contributed by atoms with Gasteiger partial charge in [-0.25, -0.2) is 0 Å². The molecule has 0 unspecified atom stereocenters. The van der Waals surface area contributed by atoms with Crippen molar-refractivity contribution in [2.45, 2.75) is 58.2 Å². The van der Waals surface area contributed by atoms with Crippen molar-refractivity contribution in [3.63, 3.8) is 0 Å². The number of ether oxygens (including phenoxy) is 1. The standard InChI is InChI=1S/C30H34Cl2F2N4O4/c1-16(21-6-5-19(31)10-22(21)32)35-25-24(41-28(33)34)8-7-23-26(25)42-29(36-23)38-14-18(15-38)17-4-3-9-37(13-17)20-11-30(2,12-20)27(39)40/h5-8,10,16-18,20,28,35H,3-4,9,11-15H2,1-2H3,(H,39,40)/t16-,17+,20?,30?/m1/s1. The lowest BCUT2D eigenvalue weighted by molar-refractivity contribution is -0.158. The molecule has 2 saturated heterocycles. The van der Waals surface area contributed by atoms with Crippen LogP contribution in [0, 0.1) is 17.3 Å². The van der Waals surface area contributed by atoms with Crippen LogP contribution in [0.5, 0.6) is 5.75 Å². The molecule has 0 radical (unpaired) electrons. The minimum absolute atomic E-state index is 0.0455. The fourth-order valence-electron chi connectivity index (χ4n) is 6.71. The Morgan fingerprint density at radius 3 is 2.64 bits per heavy atom. The number of carbonyl (C=O) groups is 1. The van der Waals surface area contributed by atoms with Gasteiger partial charge in [-0.3, -0.25) is 4.79 Å². The van der Waals surface area contributed by atoms with Gasteiger partial charge in [0.1, 0.15) is 11.2 Å². The Bertz CT molecular complexity index is 1480. The molecule has 12 heteroatoms. The van der Waals surface area contributed by atoms with Crippen molar-refractivity contribution in [1.29, 1.82) is 0 Å². The van der Waals surface area contributed by atoms with E-state index in [2.05, 4.69) is 20.1 Å². The van der Waals surface area contributed by atoms with Crippen LogP contribution < -0.4 is 15.0 Å². The van der Waals surface area contributed by atoms with Crippen LogP contribution in [0.1, 0.15) is 51.1 Å². The SMILES string of the molecule is C[C@@H](Nc1c(OC(F)F)ccc2nc(N3CC([C@H]4CCCN(C5CC(C)(C(=O)O)C5)C4)C3)oc12)c1ccc(Cl)cc1Cl. The molecule has 1 aromatic heterocycles. The second-order valence-corrected chi connectivity index (χ2v) is 13.0. The second kappa shape index (κ2) is 11.4. The fraction of sp³-hybridized carbons (Fsp3) is 0.533. The van der Waals surface area contributed by atoms with E-state index in [-0.39, 0.29) is 17.5 Å². The molecule has 3 fully saturated rings. The van der Waals surface area contributed by atoms with Gasteiger partial charge in [0.15, 0.2) is 11.3 Å². The summed E-state index contributed by atoms with van der Waals surface area (Å²) in [5.74, 6) is 0.270. The first-order valence-electron chi connectivity index (χ1n) is 14.3. The number of hydrogen-bond acceptors (Lipinski definition) is 7. The van der Waals surface area contributed by atoms with Gasteiger partial charge in [-0.1, -0.05) is 29.3 Å². The van der Waals surface area contributed by atoms with E-state index >= 15 is 0 Å². The quantitative estimate of drug-likeness (QED) is 0.257. The maximum absolute atomic E-state index is 13.3. The average molecular weight is 624 g/mol. The molecule has 0 bridgehead atoms. The molecule has 0 amide bonds. The summed E-state index contributed by atoms with van der Waals surface area (Å²) < 4.78 is 37.6. The van der Waals surface area contributed by atoms with E-state index in [1.165, 1.54) is 6.07 Å². The average Bonchev–Trinajstić information content (AvgIpc) is 3.31. The van der Waals surface area contributed by atoms with Crippen molar-refractivity contribution in [1.82, 2.24) is 9.88 Å². The predicted octanol–water partition coefficient (Wildman–Crippen LogP) is 7.31. The highest BCUT2D eigenvalue weighted by Crippen LogP contribution is 2.46. The fourth-order valence-corrected chi connectivity index (χ4v) is 7.28. The molecule has 2 aliphatic heterocycles. The lowest BCUT2D eigenvalue weighted by Crippen LogP contribution is -2.58. The Hall–Kier alpha value is -2.82. The number of anilines is 2. The van der Waals surface area contributed by atoms with Gasteiger partial charge in [0, 0.05) is 35.7 Å². The number of hydrogen-bond donors (Lipinski definition) is 2. The van der Waals surface area contributed by atoms with Gasteiger partial charge in [0.05, 0.1) is 11.5 Å². The highest BCUT2D eigenvalue weighted by Gasteiger charge is 2.49. The van der Waals surface area contributed by atoms with Crippen LogP contribution in [0.3, 0.4) is 0 Å². The van der Waals surface area contributed by atoms with Crippen LogP contribution >= 0.6 is 23.2 Å². The van der Waals surface area contributed by atoms with Crippen molar-refractivity contribution in [2.24, 2.45) is 17.3 Å². The number of halogens is 4. The second-order valence-electron chi connectivity index (χ2n) is 12.2. The zero-order valence-corrected chi connectivity index (χ0v) is 25.0. The molecule has 226 valence electrons. The number of aliphatic carboxylic acids is 1. The first-order chi connectivity index (χ1) is 20.0. The largest absolute Gasteiger partial charge is 0.481 e. The van der Waals surface area contributed by atoms with E-state index < -0.39 is 18.0 Å². The first kappa shape index (κ1) is 29.3. The third kappa shape index (κ3) is 5.61. The summed E-state index contributed by atoms with van der Waals surface area (Å²) in [5.41, 5.74) is 1.28. The molecule has 2 aromatic carbocycles. The van der Waals surface area contributed by atoms with Crippen LogP contribution in [-0.4, -0.2) is 59.8 Å². The van der Waals surface area contributed by atoms with Gasteiger partial charge in [0.25, 0.3) is 6.01 Å². The zero-order valence-electron chi connectivity index (χ0n) is 23.5. The Morgan fingerprint density at radius 2 is 1.95 bits per heavy atom. The number of aromatic nitrogens is 1. The third-order valence-electron chi connectivity index (χ3n) is 9.26. The lowest BCUT2D eigenvalue weighted by Gasteiger charge is -2.52. The van der Waals surface area contributed by atoms with Crippen molar-refractivity contribution >= 4 is 52.0 Å². The van der Waals surface area contributed by atoms with E-state index in [4.69, 9.17) is 32.4 Å². The molecule has 1 saturated carbocycles. The first-order valence-corrected chi connectivity index (χ1v) is 15.1. The molecule has 3 heterocycles. The summed E-state index contributed by atoms with van der Waals surface area (Å²) in [7, 11) is 0. The molecular formula is C30H34Cl2F2N4O4. The number of rotatable bonds is 9. The van der Waals surface area contributed by atoms with E-state index in [9.17, 15) is 18.7 Å². The van der Waals surface area contributed by atoms with Gasteiger partial charge in [0.2, 0.25) is 0 Å². The molecule has 1 aliphatic carbocycles. The molecule has 2 atom stereocenters. The number of carboxylic acids is 1. The number of oxazole rings is 1. The summed E-state index contributed by atoms with van der Waals surface area (Å²) in [6.07, 6.45) is 3.69. The minimum Gasteiger partial charge on any atom is -0.481 e. The molecule has 6 rings (SSSR count). The van der Waals surface area contributed by atoms with Crippen LogP contribution in [0.15, 0.2) is 34.7 Å². The number of nitrogens with one attached hydrogen (secondary N) is 1. The Morgan fingerprint density at radius 1 is 1.19 bits per heavy atom.